The van der Waals surface area contributed by atoms with Crippen LogP contribution in [0.25, 0.3) is 0 Å². The molecule has 6 nitrogen and oxygen atoms in total. The van der Waals surface area contributed by atoms with Gasteiger partial charge in [0.1, 0.15) is 6.07 Å². The minimum atomic E-state index is 0.109. The summed E-state index contributed by atoms with van der Waals surface area (Å²) < 4.78 is 0. The van der Waals surface area contributed by atoms with Gasteiger partial charge in [-0.15, -0.1) is 0 Å². The Morgan fingerprint density at radius 2 is 1.50 bits per heavy atom. The first-order valence-electron chi connectivity index (χ1n) is 12.7. The molecule has 2 saturated heterocycles. The van der Waals surface area contributed by atoms with Gasteiger partial charge in [0, 0.05) is 56.2 Å². The number of hydrogen-bond donors (Lipinski definition) is 1. The fourth-order valence-corrected chi connectivity index (χ4v) is 5.31. The molecule has 0 aromatic heterocycles. The van der Waals surface area contributed by atoms with Gasteiger partial charge in [-0.2, -0.15) is 5.26 Å². The van der Waals surface area contributed by atoms with E-state index in [0.29, 0.717) is 5.56 Å². The maximum Gasteiger partial charge on any atom is 0.254 e. The zero-order valence-corrected chi connectivity index (χ0v) is 21.3. The number of amides is 1. The van der Waals surface area contributed by atoms with E-state index in [-0.39, 0.29) is 11.9 Å². The van der Waals surface area contributed by atoms with Crippen molar-refractivity contribution in [2.24, 2.45) is 0 Å². The third-order valence-electron chi connectivity index (χ3n) is 7.43. The van der Waals surface area contributed by atoms with Crippen molar-refractivity contribution in [1.82, 2.24) is 4.90 Å². The van der Waals surface area contributed by atoms with Gasteiger partial charge in [-0.05, 0) is 61.7 Å². The Bertz CT molecular complexity index is 1310. The first kappa shape index (κ1) is 23.7. The van der Waals surface area contributed by atoms with Crippen molar-refractivity contribution in [3.05, 3.63) is 88.5 Å². The molecule has 2 heterocycles. The maximum atomic E-state index is 13.5. The van der Waals surface area contributed by atoms with Gasteiger partial charge in [0.25, 0.3) is 5.91 Å². The minimum absolute atomic E-state index is 0.109. The summed E-state index contributed by atoms with van der Waals surface area (Å²) >= 11 is 0. The summed E-state index contributed by atoms with van der Waals surface area (Å²) in [6, 6.07) is 22.9. The number of carbonyl (C=O) groups excluding carboxylic acids is 1. The van der Waals surface area contributed by atoms with E-state index in [1.807, 2.05) is 42.2 Å². The molecule has 2 aliphatic heterocycles. The molecule has 3 aromatic rings. The van der Waals surface area contributed by atoms with E-state index in [2.05, 4.69) is 65.4 Å². The quantitative estimate of drug-likeness (QED) is 0.572. The van der Waals surface area contributed by atoms with Gasteiger partial charge in [-0.1, -0.05) is 36.4 Å². The number of nitrogens with one attached hydrogen (secondary N) is 1. The van der Waals surface area contributed by atoms with Crippen molar-refractivity contribution in [1.29, 1.82) is 5.26 Å². The van der Waals surface area contributed by atoms with Crippen LogP contribution >= 0.6 is 0 Å². The monoisotopic (exact) mass is 479 g/mol. The highest BCUT2D eigenvalue weighted by atomic mass is 16.2. The lowest BCUT2D eigenvalue weighted by atomic mass is 10.00. The van der Waals surface area contributed by atoms with Crippen LogP contribution < -0.4 is 15.1 Å². The summed E-state index contributed by atoms with van der Waals surface area (Å²) in [5.41, 5.74) is 8.17. The number of nitriles is 1. The molecular weight excluding hydrogens is 446 g/mol. The van der Waals surface area contributed by atoms with Crippen molar-refractivity contribution >= 4 is 23.0 Å². The SMILES string of the molecule is Cc1cc(C)c(C(=O)N2CCN(c3ccccc3C)CC2)cc1NC1CN(c2ccccc2C#N)C1. The lowest BCUT2D eigenvalue weighted by Crippen LogP contribution is -2.55. The fourth-order valence-electron chi connectivity index (χ4n) is 5.31. The Kier molecular flexibility index (Phi) is 6.56. The van der Waals surface area contributed by atoms with Gasteiger partial charge in [0.05, 0.1) is 17.3 Å². The molecule has 0 bridgehead atoms. The predicted molar refractivity (Wildman–Crippen MR) is 146 cm³/mol. The average Bonchev–Trinajstić information content (AvgIpc) is 2.87. The largest absolute Gasteiger partial charge is 0.379 e. The minimum Gasteiger partial charge on any atom is -0.379 e. The summed E-state index contributed by atoms with van der Waals surface area (Å²) in [4.78, 5) is 20.1. The summed E-state index contributed by atoms with van der Waals surface area (Å²) in [5, 5.41) is 13.0. The molecule has 0 unspecified atom stereocenters. The van der Waals surface area contributed by atoms with E-state index in [4.69, 9.17) is 0 Å². The molecule has 184 valence electrons. The molecule has 0 atom stereocenters. The molecule has 5 rings (SSSR count). The average molecular weight is 480 g/mol. The third kappa shape index (κ3) is 4.61. The zero-order chi connectivity index (χ0) is 25.2. The van der Waals surface area contributed by atoms with Gasteiger partial charge in [-0.25, -0.2) is 0 Å². The summed E-state index contributed by atoms with van der Waals surface area (Å²) in [6.07, 6.45) is 0. The molecule has 2 aliphatic rings. The number of aryl methyl sites for hydroxylation is 3. The van der Waals surface area contributed by atoms with E-state index < -0.39 is 0 Å². The van der Waals surface area contributed by atoms with Crippen molar-refractivity contribution in [2.45, 2.75) is 26.8 Å². The van der Waals surface area contributed by atoms with Crippen LogP contribution in [0.1, 0.15) is 32.6 Å². The van der Waals surface area contributed by atoms with Crippen molar-refractivity contribution in [3.8, 4) is 6.07 Å². The van der Waals surface area contributed by atoms with Crippen molar-refractivity contribution in [3.63, 3.8) is 0 Å². The van der Waals surface area contributed by atoms with Gasteiger partial charge in [0.2, 0.25) is 0 Å². The van der Waals surface area contributed by atoms with Crippen LogP contribution in [0, 0.1) is 32.1 Å². The maximum absolute atomic E-state index is 13.5. The first-order chi connectivity index (χ1) is 17.4. The Morgan fingerprint density at radius 1 is 0.833 bits per heavy atom. The smallest absolute Gasteiger partial charge is 0.254 e. The fraction of sp³-hybridized carbons (Fsp3) is 0.333. The standard InChI is InChI=1S/C30H33N5O/c1-21-8-4-6-10-28(21)33-12-14-34(15-13-33)30(36)26-17-27(23(3)16-22(26)2)32-25-19-35(20-25)29-11-7-5-9-24(29)18-31/h4-11,16-17,25,32H,12-15,19-20H2,1-3H3. The second-order valence-corrected chi connectivity index (χ2v) is 9.92. The number of rotatable bonds is 5. The molecule has 0 spiro atoms. The molecular formula is C30H33N5O. The molecule has 6 heteroatoms. The Hall–Kier alpha value is -3.98. The van der Waals surface area contributed by atoms with Gasteiger partial charge >= 0.3 is 0 Å². The normalized spacial score (nSPS) is 15.9. The van der Waals surface area contributed by atoms with E-state index in [0.717, 1.165) is 67.3 Å². The van der Waals surface area contributed by atoms with E-state index >= 15 is 0 Å². The number of nitrogens with zero attached hydrogens (tertiary/aromatic N) is 4. The van der Waals surface area contributed by atoms with Crippen LogP contribution in [0.15, 0.2) is 60.7 Å². The predicted octanol–water partition coefficient (Wildman–Crippen LogP) is 4.75. The second kappa shape index (κ2) is 9.94. The van der Waals surface area contributed by atoms with Crippen LogP contribution in [0.2, 0.25) is 0 Å². The van der Waals surface area contributed by atoms with E-state index in [1.165, 1.54) is 11.3 Å². The van der Waals surface area contributed by atoms with Crippen molar-refractivity contribution in [2.75, 3.05) is 54.4 Å². The number of benzene rings is 3. The van der Waals surface area contributed by atoms with Crippen LogP contribution in [0.3, 0.4) is 0 Å². The highest BCUT2D eigenvalue weighted by Gasteiger charge is 2.29. The zero-order valence-electron chi connectivity index (χ0n) is 21.3. The molecule has 1 N–H and O–H groups in total. The Morgan fingerprint density at radius 3 is 2.19 bits per heavy atom. The first-order valence-corrected chi connectivity index (χ1v) is 12.7. The molecule has 36 heavy (non-hydrogen) atoms. The van der Waals surface area contributed by atoms with Crippen molar-refractivity contribution < 1.29 is 4.79 Å². The number of hydrogen-bond acceptors (Lipinski definition) is 5. The highest BCUT2D eigenvalue weighted by Crippen LogP contribution is 2.29. The lowest BCUT2D eigenvalue weighted by Gasteiger charge is -2.42. The number of piperazine rings is 1. The molecule has 0 aliphatic carbocycles. The van der Waals surface area contributed by atoms with Gasteiger partial charge in [0.15, 0.2) is 0 Å². The molecule has 3 aromatic carbocycles. The highest BCUT2D eigenvalue weighted by molar-refractivity contribution is 5.97. The number of carbonyl (C=O) groups is 1. The topological polar surface area (TPSA) is 62.6 Å². The van der Waals surface area contributed by atoms with Gasteiger partial charge in [-0.3, -0.25) is 4.79 Å². The summed E-state index contributed by atoms with van der Waals surface area (Å²) in [5.74, 6) is 0.109. The molecule has 0 saturated carbocycles. The van der Waals surface area contributed by atoms with Crippen LogP contribution in [-0.4, -0.2) is 56.1 Å². The van der Waals surface area contributed by atoms with Crippen LogP contribution in [-0.2, 0) is 0 Å². The molecule has 1 amide bonds. The number of para-hydroxylation sites is 2. The van der Waals surface area contributed by atoms with E-state index in [9.17, 15) is 10.1 Å². The number of anilines is 3. The molecule has 0 radical (unpaired) electrons. The van der Waals surface area contributed by atoms with E-state index in [1.54, 1.807) is 0 Å². The van der Waals surface area contributed by atoms with Crippen LogP contribution in [0.5, 0.6) is 0 Å². The Balaban J connectivity index is 1.24. The Labute approximate surface area is 213 Å². The van der Waals surface area contributed by atoms with Gasteiger partial charge < -0.3 is 20.0 Å². The molecule has 2 fully saturated rings. The lowest BCUT2D eigenvalue weighted by molar-refractivity contribution is 0.0746. The third-order valence-corrected chi connectivity index (χ3v) is 7.43. The summed E-state index contributed by atoms with van der Waals surface area (Å²) in [6.45, 7) is 11.0. The van der Waals surface area contributed by atoms with Crippen LogP contribution in [0.4, 0.5) is 17.1 Å². The second-order valence-electron chi connectivity index (χ2n) is 9.92. The summed E-state index contributed by atoms with van der Waals surface area (Å²) in [7, 11) is 0.